The summed E-state index contributed by atoms with van der Waals surface area (Å²) < 4.78 is 0. The number of piperidine rings is 1. The van der Waals surface area contributed by atoms with Crippen molar-refractivity contribution in [2.45, 2.75) is 19.4 Å². The lowest BCUT2D eigenvalue weighted by Crippen LogP contribution is -2.48. The third kappa shape index (κ3) is 4.32. The zero-order valence-electron chi connectivity index (χ0n) is 12.7. The number of hydrogen-bond donors (Lipinski definition) is 2. The molecule has 1 heterocycles. The normalized spacial score (nSPS) is 22.2. The van der Waals surface area contributed by atoms with Crippen molar-refractivity contribution < 1.29 is 4.79 Å². The molecule has 0 saturated carbocycles. The van der Waals surface area contributed by atoms with E-state index < -0.39 is 0 Å². The molecule has 4 heteroatoms. The van der Waals surface area contributed by atoms with Crippen molar-refractivity contribution in [3.05, 3.63) is 35.4 Å². The number of amides is 1. The second kappa shape index (κ2) is 7.26. The van der Waals surface area contributed by atoms with Crippen LogP contribution in [-0.2, 0) is 0 Å². The fourth-order valence-corrected chi connectivity index (χ4v) is 2.71. The molecule has 21 heavy (non-hydrogen) atoms. The third-order valence-corrected chi connectivity index (χ3v) is 3.88. The highest BCUT2D eigenvalue weighted by Gasteiger charge is 2.25. The fourth-order valence-electron chi connectivity index (χ4n) is 2.71. The van der Waals surface area contributed by atoms with E-state index in [0.717, 1.165) is 25.1 Å². The first-order valence-electron chi connectivity index (χ1n) is 7.38. The van der Waals surface area contributed by atoms with Gasteiger partial charge in [0.05, 0.1) is 6.54 Å². The van der Waals surface area contributed by atoms with Crippen LogP contribution in [0.5, 0.6) is 0 Å². The fraction of sp³-hybridized carbons (Fsp3) is 0.471. The minimum atomic E-state index is -0.0206. The van der Waals surface area contributed by atoms with Crippen LogP contribution in [0.3, 0.4) is 0 Å². The maximum Gasteiger partial charge on any atom is 0.251 e. The molecule has 0 spiro atoms. The maximum absolute atomic E-state index is 12.4. The second-order valence-corrected chi connectivity index (χ2v) is 5.69. The largest absolute Gasteiger partial charge is 0.349 e. The molecule has 2 atom stereocenters. The molecule has 112 valence electrons. The molecule has 0 aromatic heterocycles. The van der Waals surface area contributed by atoms with Crippen LogP contribution >= 0.6 is 0 Å². The molecule has 2 unspecified atom stereocenters. The highest BCUT2D eigenvalue weighted by molar-refractivity contribution is 5.94. The third-order valence-electron chi connectivity index (χ3n) is 3.88. The summed E-state index contributed by atoms with van der Waals surface area (Å²) in [6.07, 6.45) is 0.996. The van der Waals surface area contributed by atoms with Gasteiger partial charge in [0.15, 0.2) is 0 Å². The quantitative estimate of drug-likeness (QED) is 0.799. The van der Waals surface area contributed by atoms with Gasteiger partial charge in [-0.3, -0.25) is 4.79 Å². The Hall–Kier alpha value is -1.83. The number of nitrogens with zero attached hydrogens (tertiary/aromatic N) is 1. The Morgan fingerprint density at radius 1 is 1.52 bits per heavy atom. The number of carbonyl (C=O) groups is 1. The van der Waals surface area contributed by atoms with Crippen LogP contribution < -0.4 is 11.1 Å². The first-order valence-corrected chi connectivity index (χ1v) is 7.38. The number of likely N-dealkylation sites (tertiary alicyclic amines) is 1. The van der Waals surface area contributed by atoms with Gasteiger partial charge in [0.2, 0.25) is 0 Å². The van der Waals surface area contributed by atoms with Crippen LogP contribution in [0.1, 0.15) is 29.3 Å². The summed E-state index contributed by atoms with van der Waals surface area (Å²) in [6, 6.07) is 7.62. The number of rotatable bonds is 2. The lowest BCUT2D eigenvalue weighted by molar-refractivity contribution is 0.0884. The van der Waals surface area contributed by atoms with E-state index in [1.807, 2.05) is 24.3 Å². The Bertz CT molecular complexity index is 559. The Kier molecular flexibility index (Phi) is 5.38. The van der Waals surface area contributed by atoms with Crippen molar-refractivity contribution in [3.63, 3.8) is 0 Å². The van der Waals surface area contributed by atoms with Crippen molar-refractivity contribution in [2.75, 3.05) is 26.7 Å². The van der Waals surface area contributed by atoms with Gasteiger partial charge in [-0.05, 0) is 44.1 Å². The van der Waals surface area contributed by atoms with Crippen LogP contribution in [0, 0.1) is 17.8 Å². The van der Waals surface area contributed by atoms with Gasteiger partial charge in [-0.15, -0.1) is 0 Å². The van der Waals surface area contributed by atoms with Crippen molar-refractivity contribution in [1.82, 2.24) is 10.2 Å². The van der Waals surface area contributed by atoms with Gasteiger partial charge < -0.3 is 16.0 Å². The SMILES string of the molecule is CC1CN(C)CCC1NC(=O)c1cccc(C#CCN)c1. The Morgan fingerprint density at radius 3 is 3.05 bits per heavy atom. The predicted molar refractivity (Wildman–Crippen MR) is 84.9 cm³/mol. The van der Waals surface area contributed by atoms with Crippen molar-refractivity contribution in [2.24, 2.45) is 11.7 Å². The molecular weight excluding hydrogens is 262 g/mol. The van der Waals surface area contributed by atoms with Gasteiger partial charge in [-0.2, -0.15) is 0 Å². The van der Waals surface area contributed by atoms with E-state index in [0.29, 0.717) is 18.0 Å². The number of benzene rings is 1. The number of nitrogens with one attached hydrogen (secondary N) is 1. The minimum Gasteiger partial charge on any atom is -0.349 e. The summed E-state index contributed by atoms with van der Waals surface area (Å²) in [5.41, 5.74) is 6.85. The van der Waals surface area contributed by atoms with Gasteiger partial charge in [0.1, 0.15) is 0 Å². The van der Waals surface area contributed by atoms with Crippen LogP contribution in [-0.4, -0.2) is 43.5 Å². The van der Waals surface area contributed by atoms with E-state index in [-0.39, 0.29) is 11.9 Å². The van der Waals surface area contributed by atoms with Crippen LogP contribution in [0.25, 0.3) is 0 Å². The summed E-state index contributed by atoms with van der Waals surface area (Å²) in [6.45, 7) is 4.55. The topological polar surface area (TPSA) is 58.4 Å². The standard InChI is InChI=1S/C17H23N3O/c1-13-12-20(2)10-8-16(13)19-17(21)15-7-3-5-14(11-15)6-4-9-18/h3,5,7,11,13,16H,8-10,12,18H2,1-2H3,(H,19,21). The van der Waals surface area contributed by atoms with Crippen molar-refractivity contribution in [3.8, 4) is 11.8 Å². The predicted octanol–water partition coefficient (Wildman–Crippen LogP) is 1.07. The molecule has 1 fully saturated rings. The zero-order valence-corrected chi connectivity index (χ0v) is 12.7. The van der Waals surface area contributed by atoms with Crippen LogP contribution in [0.15, 0.2) is 24.3 Å². The first-order chi connectivity index (χ1) is 10.1. The highest BCUT2D eigenvalue weighted by Crippen LogP contribution is 2.16. The van der Waals surface area contributed by atoms with Crippen LogP contribution in [0.4, 0.5) is 0 Å². The smallest absolute Gasteiger partial charge is 0.251 e. The summed E-state index contributed by atoms with van der Waals surface area (Å²) in [4.78, 5) is 14.7. The van der Waals surface area contributed by atoms with Gasteiger partial charge >= 0.3 is 0 Å². The number of nitrogens with two attached hydrogens (primary N) is 1. The maximum atomic E-state index is 12.4. The number of carbonyl (C=O) groups excluding carboxylic acids is 1. The molecule has 1 amide bonds. The molecule has 4 nitrogen and oxygen atoms in total. The molecule has 1 saturated heterocycles. The molecule has 1 aromatic carbocycles. The summed E-state index contributed by atoms with van der Waals surface area (Å²) >= 11 is 0. The molecule has 2 rings (SSSR count). The van der Waals surface area contributed by atoms with Gasteiger partial charge in [0.25, 0.3) is 5.91 Å². The van der Waals surface area contributed by atoms with E-state index >= 15 is 0 Å². The van der Waals surface area contributed by atoms with Gasteiger partial charge in [-0.25, -0.2) is 0 Å². The molecule has 1 aromatic rings. The number of hydrogen-bond acceptors (Lipinski definition) is 3. The van der Waals surface area contributed by atoms with Gasteiger partial charge in [0, 0.05) is 23.7 Å². The summed E-state index contributed by atoms with van der Waals surface area (Å²) in [5.74, 6) is 6.21. The Labute approximate surface area is 126 Å². The molecule has 0 aliphatic carbocycles. The van der Waals surface area contributed by atoms with Crippen LogP contribution in [0.2, 0.25) is 0 Å². The molecule has 1 aliphatic heterocycles. The average Bonchev–Trinajstić information content (AvgIpc) is 2.48. The summed E-state index contributed by atoms with van der Waals surface area (Å²) in [7, 11) is 2.12. The van der Waals surface area contributed by atoms with E-state index in [4.69, 9.17) is 5.73 Å². The van der Waals surface area contributed by atoms with Gasteiger partial charge in [-0.1, -0.05) is 24.8 Å². The molecular formula is C17H23N3O. The van der Waals surface area contributed by atoms with E-state index in [1.165, 1.54) is 0 Å². The van der Waals surface area contributed by atoms with E-state index in [9.17, 15) is 4.79 Å². The zero-order chi connectivity index (χ0) is 15.2. The van der Waals surface area contributed by atoms with Crippen molar-refractivity contribution in [1.29, 1.82) is 0 Å². The lowest BCUT2D eigenvalue weighted by atomic mass is 9.94. The van der Waals surface area contributed by atoms with E-state index in [2.05, 4.69) is 36.0 Å². The Morgan fingerprint density at radius 2 is 2.33 bits per heavy atom. The molecule has 0 radical (unpaired) electrons. The van der Waals surface area contributed by atoms with Crippen molar-refractivity contribution >= 4 is 5.91 Å². The minimum absolute atomic E-state index is 0.0206. The monoisotopic (exact) mass is 285 g/mol. The van der Waals surface area contributed by atoms with E-state index in [1.54, 1.807) is 0 Å². The molecule has 3 N–H and O–H groups in total. The first kappa shape index (κ1) is 15.6. The lowest BCUT2D eigenvalue weighted by Gasteiger charge is -2.35. The Balaban J connectivity index is 2.03. The molecule has 1 aliphatic rings. The second-order valence-electron chi connectivity index (χ2n) is 5.69. The highest BCUT2D eigenvalue weighted by atomic mass is 16.1. The molecule has 0 bridgehead atoms. The summed E-state index contributed by atoms with van der Waals surface area (Å²) in [5, 5.41) is 3.15. The average molecular weight is 285 g/mol.